The van der Waals surface area contributed by atoms with E-state index in [1.165, 1.54) is 11.1 Å². The largest absolute Gasteiger partial charge is 0.506 e. The summed E-state index contributed by atoms with van der Waals surface area (Å²) in [7, 11) is 0. The zero-order chi connectivity index (χ0) is 15.9. The maximum atomic E-state index is 10.0. The smallest absolute Gasteiger partial charge is 0.138 e. The third-order valence-electron chi connectivity index (χ3n) is 4.00. The van der Waals surface area contributed by atoms with Crippen LogP contribution in [0.4, 0.5) is 5.69 Å². The van der Waals surface area contributed by atoms with Gasteiger partial charge in [0.25, 0.3) is 0 Å². The fourth-order valence-corrected chi connectivity index (χ4v) is 2.75. The van der Waals surface area contributed by atoms with Crippen LogP contribution in [0.3, 0.4) is 0 Å². The van der Waals surface area contributed by atoms with Crippen molar-refractivity contribution in [2.75, 3.05) is 5.32 Å². The number of anilines is 1. The Hall–Kier alpha value is -2.74. The second-order valence-corrected chi connectivity index (χ2v) is 5.65. The van der Waals surface area contributed by atoms with E-state index in [0.717, 1.165) is 18.5 Å². The number of rotatable bonds is 6. The first-order chi connectivity index (χ1) is 11.3. The summed E-state index contributed by atoms with van der Waals surface area (Å²) >= 11 is 0. The highest BCUT2D eigenvalue weighted by atomic mass is 16.3. The van der Waals surface area contributed by atoms with Gasteiger partial charge in [-0.25, -0.2) is 0 Å². The average molecular weight is 303 g/mol. The van der Waals surface area contributed by atoms with Crippen molar-refractivity contribution in [3.63, 3.8) is 0 Å². The molecular formula is C21H21NO. The van der Waals surface area contributed by atoms with Crippen molar-refractivity contribution < 1.29 is 5.11 Å². The number of aryl methyl sites for hydroxylation is 1. The molecule has 1 unspecified atom stereocenters. The molecule has 0 aliphatic rings. The third kappa shape index (κ3) is 4.13. The van der Waals surface area contributed by atoms with Gasteiger partial charge in [-0.2, -0.15) is 0 Å². The van der Waals surface area contributed by atoms with E-state index in [1.807, 2.05) is 30.3 Å². The van der Waals surface area contributed by atoms with Gasteiger partial charge < -0.3 is 10.4 Å². The molecule has 116 valence electrons. The summed E-state index contributed by atoms with van der Waals surface area (Å²) in [6, 6.07) is 28.4. The van der Waals surface area contributed by atoms with Crippen molar-refractivity contribution in [2.24, 2.45) is 0 Å². The highest BCUT2D eigenvalue weighted by Crippen LogP contribution is 2.29. The number of benzene rings is 3. The summed E-state index contributed by atoms with van der Waals surface area (Å²) in [6.45, 7) is 0. The van der Waals surface area contributed by atoms with Crippen LogP contribution < -0.4 is 5.32 Å². The van der Waals surface area contributed by atoms with E-state index in [2.05, 4.69) is 53.8 Å². The normalized spacial score (nSPS) is 11.8. The van der Waals surface area contributed by atoms with Crippen LogP contribution in [0.5, 0.6) is 5.75 Å². The number of phenolic OH excluding ortho intramolecular Hbond substituents is 1. The summed E-state index contributed by atoms with van der Waals surface area (Å²) in [5.74, 6) is 0.285. The van der Waals surface area contributed by atoms with E-state index in [9.17, 15) is 5.11 Å². The van der Waals surface area contributed by atoms with Gasteiger partial charge in [-0.1, -0.05) is 72.8 Å². The molecule has 0 radical (unpaired) electrons. The van der Waals surface area contributed by atoms with Crippen molar-refractivity contribution in [3.8, 4) is 5.75 Å². The quantitative estimate of drug-likeness (QED) is 0.615. The summed E-state index contributed by atoms with van der Waals surface area (Å²) in [6.07, 6.45) is 1.95. The van der Waals surface area contributed by atoms with Gasteiger partial charge in [0, 0.05) is 0 Å². The monoisotopic (exact) mass is 303 g/mol. The first kappa shape index (κ1) is 15.2. The fourth-order valence-electron chi connectivity index (χ4n) is 2.75. The van der Waals surface area contributed by atoms with E-state index >= 15 is 0 Å². The molecule has 0 aliphatic carbocycles. The van der Waals surface area contributed by atoms with Crippen LogP contribution in [0, 0.1) is 0 Å². The molecule has 2 nitrogen and oxygen atoms in total. The van der Waals surface area contributed by atoms with Crippen LogP contribution in [0.25, 0.3) is 0 Å². The minimum atomic E-state index is 0.157. The lowest BCUT2D eigenvalue weighted by atomic mass is 9.98. The Bertz CT molecular complexity index is 725. The molecule has 0 spiro atoms. The Balaban J connectivity index is 1.78. The molecule has 0 fully saturated rings. The van der Waals surface area contributed by atoms with Crippen LogP contribution >= 0.6 is 0 Å². The number of phenols is 1. The van der Waals surface area contributed by atoms with Crippen molar-refractivity contribution in [1.82, 2.24) is 0 Å². The van der Waals surface area contributed by atoms with E-state index in [-0.39, 0.29) is 11.8 Å². The molecule has 0 heterocycles. The molecule has 3 aromatic rings. The molecule has 1 atom stereocenters. The molecule has 0 amide bonds. The first-order valence-electron chi connectivity index (χ1n) is 7.96. The van der Waals surface area contributed by atoms with Gasteiger partial charge in [-0.15, -0.1) is 0 Å². The Labute approximate surface area is 137 Å². The number of hydrogen-bond acceptors (Lipinski definition) is 2. The lowest BCUT2D eigenvalue weighted by molar-refractivity contribution is 0.476. The van der Waals surface area contributed by atoms with E-state index in [1.54, 1.807) is 6.07 Å². The SMILES string of the molecule is Oc1ccccc1NC(CCc1ccccc1)c1ccccc1. The summed E-state index contributed by atoms with van der Waals surface area (Å²) < 4.78 is 0. The molecule has 23 heavy (non-hydrogen) atoms. The van der Waals surface area contributed by atoms with Gasteiger partial charge in [-0.05, 0) is 36.1 Å². The van der Waals surface area contributed by atoms with Gasteiger partial charge in [0.1, 0.15) is 5.75 Å². The second kappa shape index (κ2) is 7.50. The number of para-hydroxylation sites is 2. The molecule has 0 saturated carbocycles. The van der Waals surface area contributed by atoms with Crippen molar-refractivity contribution in [3.05, 3.63) is 96.1 Å². The Kier molecular flexibility index (Phi) is 4.95. The zero-order valence-electron chi connectivity index (χ0n) is 13.0. The molecule has 0 aliphatic heterocycles. The highest BCUT2D eigenvalue weighted by Gasteiger charge is 2.13. The van der Waals surface area contributed by atoms with E-state index in [0.29, 0.717) is 0 Å². The number of nitrogens with one attached hydrogen (secondary N) is 1. The van der Waals surface area contributed by atoms with Gasteiger partial charge in [-0.3, -0.25) is 0 Å². The Morgan fingerprint density at radius 2 is 1.35 bits per heavy atom. The lowest BCUT2D eigenvalue weighted by Gasteiger charge is -2.21. The molecule has 0 bridgehead atoms. The zero-order valence-corrected chi connectivity index (χ0v) is 13.0. The van der Waals surface area contributed by atoms with Crippen molar-refractivity contribution >= 4 is 5.69 Å². The van der Waals surface area contributed by atoms with E-state index in [4.69, 9.17) is 0 Å². The molecular weight excluding hydrogens is 282 g/mol. The van der Waals surface area contributed by atoms with Crippen molar-refractivity contribution in [2.45, 2.75) is 18.9 Å². The van der Waals surface area contributed by atoms with Crippen LogP contribution in [-0.4, -0.2) is 5.11 Å². The average Bonchev–Trinajstić information content (AvgIpc) is 2.62. The predicted molar refractivity (Wildman–Crippen MR) is 95.7 cm³/mol. The highest BCUT2D eigenvalue weighted by molar-refractivity contribution is 5.56. The van der Waals surface area contributed by atoms with Gasteiger partial charge in [0.05, 0.1) is 11.7 Å². The minimum Gasteiger partial charge on any atom is -0.506 e. The molecule has 3 rings (SSSR count). The third-order valence-corrected chi connectivity index (χ3v) is 4.00. The molecule has 0 saturated heterocycles. The first-order valence-corrected chi connectivity index (χ1v) is 7.96. The molecule has 0 aromatic heterocycles. The number of hydrogen-bond donors (Lipinski definition) is 2. The molecule has 3 aromatic carbocycles. The summed E-state index contributed by atoms with van der Waals surface area (Å²) in [5.41, 5.74) is 3.33. The fraction of sp³-hybridized carbons (Fsp3) is 0.143. The van der Waals surface area contributed by atoms with E-state index < -0.39 is 0 Å². The predicted octanol–water partition coefficient (Wildman–Crippen LogP) is 5.18. The summed E-state index contributed by atoms with van der Waals surface area (Å²) in [5, 5.41) is 13.5. The van der Waals surface area contributed by atoms with Gasteiger partial charge >= 0.3 is 0 Å². The Morgan fingerprint density at radius 3 is 2.04 bits per heavy atom. The van der Waals surface area contributed by atoms with Crippen LogP contribution in [0.2, 0.25) is 0 Å². The van der Waals surface area contributed by atoms with Gasteiger partial charge in [0.15, 0.2) is 0 Å². The maximum absolute atomic E-state index is 10.0. The summed E-state index contributed by atoms with van der Waals surface area (Å²) in [4.78, 5) is 0. The van der Waals surface area contributed by atoms with Crippen molar-refractivity contribution in [1.29, 1.82) is 0 Å². The molecule has 2 heteroatoms. The van der Waals surface area contributed by atoms with Crippen LogP contribution in [0.15, 0.2) is 84.9 Å². The Morgan fingerprint density at radius 1 is 0.739 bits per heavy atom. The number of aromatic hydroxyl groups is 1. The lowest BCUT2D eigenvalue weighted by Crippen LogP contribution is -2.12. The maximum Gasteiger partial charge on any atom is 0.138 e. The van der Waals surface area contributed by atoms with Gasteiger partial charge in [0.2, 0.25) is 0 Å². The minimum absolute atomic E-state index is 0.157. The van der Waals surface area contributed by atoms with Crippen LogP contribution in [-0.2, 0) is 6.42 Å². The topological polar surface area (TPSA) is 32.3 Å². The second-order valence-electron chi connectivity index (χ2n) is 5.65. The molecule has 2 N–H and O–H groups in total. The standard InChI is InChI=1S/C21H21NO/c23-21-14-8-7-13-20(21)22-19(18-11-5-2-6-12-18)16-15-17-9-3-1-4-10-17/h1-14,19,22-23H,15-16H2. The van der Waals surface area contributed by atoms with Crippen LogP contribution in [0.1, 0.15) is 23.6 Å².